The van der Waals surface area contributed by atoms with Crippen LogP contribution in [0.2, 0.25) is 0 Å². The largest absolute Gasteiger partial charge is 0.468 e. The first kappa shape index (κ1) is 12.7. The Kier molecular flexibility index (Phi) is 5.53. The van der Waals surface area contributed by atoms with Crippen LogP contribution >= 0.6 is 0 Å². The minimum Gasteiger partial charge on any atom is -0.468 e. The molecule has 0 unspecified atom stereocenters. The van der Waals surface area contributed by atoms with Gasteiger partial charge in [0.15, 0.2) is 0 Å². The third-order valence-corrected chi connectivity index (χ3v) is 2.19. The van der Waals surface area contributed by atoms with Gasteiger partial charge in [0.25, 0.3) is 0 Å². The highest BCUT2D eigenvalue weighted by atomic mass is 16.5. The van der Waals surface area contributed by atoms with Crippen molar-refractivity contribution in [3.63, 3.8) is 0 Å². The number of benzene rings is 1. The lowest BCUT2D eigenvalue weighted by molar-refractivity contribution is -0.142. The molecule has 0 fully saturated rings. The molecule has 1 rings (SSSR count). The first-order valence-electron chi connectivity index (χ1n) is 5.19. The van der Waals surface area contributed by atoms with Crippen molar-refractivity contribution in [2.24, 2.45) is 5.73 Å². The van der Waals surface area contributed by atoms with Crippen LogP contribution in [-0.2, 0) is 20.9 Å². The summed E-state index contributed by atoms with van der Waals surface area (Å²) in [4.78, 5) is 11.0. The molecule has 0 amide bonds. The van der Waals surface area contributed by atoms with Crippen molar-refractivity contribution < 1.29 is 14.3 Å². The second-order valence-corrected chi connectivity index (χ2v) is 3.46. The van der Waals surface area contributed by atoms with Crippen molar-refractivity contribution >= 4 is 5.97 Å². The third kappa shape index (κ3) is 4.42. The highest BCUT2D eigenvalue weighted by Crippen LogP contribution is 2.01. The van der Waals surface area contributed by atoms with E-state index in [9.17, 15) is 4.79 Å². The van der Waals surface area contributed by atoms with Gasteiger partial charge in [0.05, 0.1) is 13.7 Å². The number of carbonyl (C=O) groups is 1. The van der Waals surface area contributed by atoms with Crippen molar-refractivity contribution in [1.82, 2.24) is 0 Å². The summed E-state index contributed by atoms with van der Waals surface area (Å²) in [5.74, 6) is -0.400. The predicted molar refractivity (Wildman–Crippen MR) is 60.7 cm³/mol. The molecule has 0 heterocycles. The molecule has 2 N–H and O–H groups in total. The molecular formula is C12H17NO3. The molecule has 0 saturated carbocycles. The first-order valence-corrected chi connectivity index (χ1v) is 5.19. The molecule has 0 spiro atoms. The lowest BCUT2D eigenvalue weighted by Crippen LogP contribution is -2.32. The maximum absolute atomic E-state index is 11.0. The van der Waals surface area contributed by atoms with Crippen molar-refractivity contribution in [3.8, 4) is 0 Å². The molecule has 0 radical (unpaired) electrons. The minimum atomic E-state index is -0.597. The molecule has 0 aliphatic rings. The zero-order valence-electron chi connectivity index (χ0n) is 9.39. The number of nitrogens with two attached hydrogens (primary N) is 1. The van der Waals surface area contributed by atoms with Crippen molar-refractivity contribution in [3.05, 3.63) is 35.9 Å². The van der Waals surface area contributed by atoms with Gasteiger partial charge in [-0.15, -0.1) is 0 Å². The Balaban J connectivity index is 2.15. The van der Waals surface area contributed by atoms with Crippen molar-refractivity contribution in [2.45, 2.75) is 19.1 Å². The molecule has 16 heavy (non-hydrogen) atoms. The smallest absolute Gasteiger partial charge is 0.322 e. The molecular weight excluding hydrogens is 206 g/mol. The number of methoxy groups -OCH3 is 1. The van der Waals surface area contributed by atoms with Gasteiger partial charge >= 0.3 is 5.97 Å². The second-order valence-electron chi connectivity index (χ2n) is 3.46. The van der Waals surface area contributed by atoms with E-state index in [-0.39, 0.29) is 0 Å². The number of hydrogen-bond donors (Lipinski definition) is 1. The summed E-state index contributed by atoms with van der Waals surface area (Å²) in [7, 11) is 1.33. The molecule has 4 heteroatoms. The summed E-state index contributed by atoms with van der Waals surface area (Å²) in [6.45, 7) is 0.986. The van der Waals surface area contributed by atoms with E-state index in [1.54, 1.807) is 0 Å². The van der Waals surface area contributed by atoms with Crippen LogP contribution in [0.3, 0.4) is 0 Å². The van der Waals surface area contributed by atoms with Gasteiger partial charge in [-0.25, -0.2) is 0 Å². The number of ether oxygens (including phenoxy) is 2. The maximum atomic E-state index is 11.0. The lowest BCUT2D eigenvalue weighted by atomic mass is 10.2. The first-order chi connectivity index (χ1) is 7.74. The molecule has 0 saturated heterocycles. The molecule has 0 aliphatic carbocycles. The monoisotopic (exact) mass is 223 g/mol. The van der Waals surface area contributed by atoms with Gasteiger partial charge in [0.1, 0.15) is 6.04 Å². The van der Waals surface area contributed by atoms with E-state index in [0.717, 1.165) is 5.56 Å². The molecule has 0 aromatic heterocycles. The van der Waals surface area contributed by atoms with Gasteiger partial charge in [0, 0.05) is 6.61 Å². The van der Waals surface area contributed by atoms with Gasteiger partial charge < -0.3 is 15.2 Å². The summed E-state index contributed by atoms with van der Waals surface area (Å²) in [5.41, 5.74) is 6.66. The van der Waals surface area contributed by atoms with Gasteiger partial charge in [-0.3, -0.25) is 4.79 Å². The average Bonchev–Trinajstić information content (AvgIpc) is 2.34. The van der Waals surface area contributed by atoms with E-state index in [2.05, 4.69) is 4.74 Å². The average molecular weight is 223 g/mol. The fraction of sp³-hybridized carbons (Fsp3) is 0.417. The Hall–Kier alpha value is -1.39. The standard InChI is InChI=1S/C12H17NO3/c1-15-12(14)11(13)7-8-16-9-10-5-3-2-4-6-10/h2-6,11H,7-9,13H2,1H3/t11-/m0/s1. The van der Waals surface area contributed by atoms with Crippen LogP contribution in [0, 0.1) is 0 Å². The Morgan fingerprint density at radius 2 is 2.06 bits per heavy atom. The third-order valence-electron chi connectivity index (χ3n) is 2.19. The van der Waals surface area contributed by atoms with Gasteiger partial charge in [-0.2, -0.15) is 0 Å². The molecule has 1 atom stereocenters. The fourth-order valence-electron chi connectivity index (χ4n) is 1.24. The summed E-state index contributed by atoms with van der Waals surface area (Å²) in [6, 6.07) is 9.25. The Morgan fingerprint density at radius 3 is 2.69 bits per heavy atom. The van der Waals surface area contributed by atoms with E-state index in [4.69, 9.17) is 10.5 Å². The zero-order valence-corrected chi connectivity index (χ0v) is 9.39. The van der Waals surface area contributed by atoms with Crippen LogP contribution in [0.4, 0.5) is 0 Å². The number of carbonyl (C=O) groups excluding carboxylic acids is 1. The van der Waals surface area contributed by atoms with Gasteiger partial charge in [0.2, 0.25) is 0 Å². The summed E-state index contributed by atoms with van der Waals surface area (Å²) in [6.07, 6.45) is 0.472. The minimum absolute atomic E-state index is 0.400. The zero-order chi connectivity index (χ0) is 11.8. The van der Waals surface area contributed by atoms with Crippen LogP contribution in [0.1, 0.15) is 12.0 Å². The number of rotatable bonds is 6. The maximum Gasteiger partial charge on any atom is 0.322 e. The summed E-state index contributed by atoms with van der Waals surface area (Å²) in [5, 5.41) is 0. The van der Waals surface area contributed by atoms with E-state index in [1.165, 1.54) is 7.11 Å². The number of hydrogen-bond acceptors (Lipinski definition) is 4. The Labute approximate surface area is 95.3 Å². The van der Waals surface area contributed by atoms with Crippen molar-refractivity contribution in [1.29, 1.82) is 0 Å². The van der Waals surface area contributed by atoms with Crippen LogP contribution in [-0.4, -0.2) is 25.7 Å². The van der Waals surface area contributed by atoms with Crippen LogP contribution < -0.4 is 5.73 Å². The fourth-order valence-corrected chi connectivity index (χ4v) is 1.24. The summed E-state index contributed by atoms with van der Waals surface area (Å²) < 4.78 is 9.91. The van der Waals surface area contributed by atoms with Crippen LogP contribution in [0.25, 0.3) is 0 Å². The Bertz CT molecular complexity index is 313. The Morgan fingerprint density at radius 1 is 1.38 bits per heavy atom. The molecule has 4 nitrogen and oxygen atoms in total. The van der Waals surface area contributed by atoms with E-state index in [1.807, 2.05) is 30.3 Å². The number of esters is 1. The van der Waals surface area contributed by atoms with Crippen molar-refractivity contribution in [2.75, 3.05) is 13.7 Å². The highest BCUT2D eigenvalue weighted by Gasteiger charge is 2.12. The van der Waals surface area contributed by atoms with E-state index < -0.39 is 12.0 Å². The molecule has 1 aromatic rings. The topological polar surface area (TPSA) is 61.5 Å². The SMILES string of the molecule is COC(=O)[C@@H](N)CCOCc1ccccc1. The molecule has 88 valence electrons. The molecule has 0 aliphatic heterocycles. The predicted octanol–water partition coefficient (Wildman–Crippen LogP) is 1.09. The van der Waals surface area contributed by atoms with Crippen LogP contribution in [0.5, 0.6) is 0 Å². The van der Waals surface area contributed by atoms with Gasteiger partial charge in [-0.1, -0.05) is 30.3 Å². The highest BCUT2D eigenvalue weighted by molar-refractivity contribution is 5.75. The van der Waals surface area contributed by atoms with Gasteiger partial charge in [-0.05, 0) is 12.0 Å². The summed E-state index contributed by atoms with van der Waals surface area (Å²) >= 11 is 0. The normalized spacial score (nSPS) is 12.1. The lowest BCUT2D eigenvalue weighted by Gasteiger charge is -2.09. The van der Waals surface area contributed by atoms with E-state index >= 15 is 0 Å². The second kappa shape index (κ2) is 6.98. The van der Waals surface area contributed by atoms with Crippen LogP contribution in [0.15, 0.2) is 30.3 Å². The molecule has 0 bridgehead atoms. The van der Waals surface area contributed by atoms with E-state index in [0.29, 0.717) is 19.6 Å². The quantitative estimate of drug-likeness (QED) is 0.579. The molecule has 1 aromatic carbocycles.